The summed E-state index contributed by atoms with van der Waals surface area (Å²) in [6, 6.07) is 62.9. The van der Waals surface area contributed by atoms with Crippen molar-refractivity contribution >= 4 is 10.8 Å². The molecule has 0 N–H and O–H groups in total. The molecule has 1 aromatic heterocycles. The van der Waals surface area contributed by atoms with Gasteiger partial charge in [0, 0.05) is 16.7 Å². The summed E-state index contributed by atoms with van der Waals surface area (Å²) in [6.45, 7) is 0. The van der Waals surface area contributed by atoms with Gasteiger partial charge in [0.25, 0.3) is 0 Å². The molecule has 4 fully saturated rings. The maximum Gasteiger partial charge on any atom is 0.164 e. The fourth-order valence-corrected chi connectivity index (χ4v) is 11.2. The number of hydrogen-bond acceptors (Lipinski definition) is 4. The van der Waals surface area contributed by atoms with Gasteiger partial charge in [0.05, 0.1) is 11.6 Å². The standard InChI is InChI=1S/C54H42N4/c55-34-36-11-12-47-29-46(18-17-45(47)28-36)41-21-25-49(26-22-41)54-32-37-27-38(33-54)31-53(30-37,35-54)48-23-19-40(20-24-48)39-13-15-44(16-14-39)52-57-50(42-7-3-1-4-8-42)56-51(58-52)43-9-5-2-6-10-43/h1-26,28-29,37-38H,27,30-33,35H2. The van der Waals surface area contributed by atoms with Crippen molar-refractivity contribution in [3.05, 3.63) is 187 Å². The Kier molecular flexibility index (Phi) is 8.19. The molecule has 0 aliphatic heterocycles. The first kappa shape index (κ1) is 34.5. The average Bonchev–Trinajstić information content (AvgIpc) is 3.29. The number of hydrogen-bond donors (Lipinski definition) is 0. The largest absolute Gasteiger partial charge is 0.208 e. The Morgan fingerprint density at radius 3 is 1.31 bits per heavy atom. The van der Waals surface area contributed by atoms with Crippen molar-refractivity contribution < 1.29 is 0 Å². The van der Waals surface area contributed by atoms with E-state index < -0.39 is 0 Å². The number of rotatable bonds is 7. The number of benzene rings is 7. The van der Waals surface area contributed by atoms with Crippen LogP contribution >= 0.6 is 0 Å². The van der Waals surface area contributed by atoms with E-state index in [9.17, 15) is 5.26 Å². The van der Waals surface area contributed by atoms with E-state index >= 15 is 0 Å². The second-order valence-electron chi connectivity index (χ2n) is 17.2. The van der Waals surface area contributed by atoms with Crippen LogP contribution in [0.2, 0.25) is 0 Å². The van der Waals surface area contributed by atoms with Crippen LogP contribution < -0.4 is 0 Å². The zero-order chi connectivity index (χ0) is 38.7. The molecule has 4 aliphatic rings. The van der Waals surface area contributed by atoms with Crippen LogP contribution in [0.1, 0.15) is 55.2 Å². The molecule has 4 bridgehead atoms. The lowest BCUT2D eigenvalue weighted by Gasteiger charge is -2.63. The number of aromatic nitrogens is 3. The smallest absolute Gasteiger partial charge is 0.164 e. The quantitative estimate of drug-likeness (QED) is 0.163. The van der Waals surface area contributed by atoms with Gasteiger partial charge in [0.15, 0.2) is 17.5 Å². The summed E-state index contributed by atoms with van der Waals surface area (Å²) in [5.41, 5.74) is 12.0. The second kappa shape index (κ2) is 13.7. The summed E-state index contributed by atoms with van der Waals surface area (Å²) in [6.07, 6.45) is 7.87. The van der Waals surface area contributed by atoms with Crippen molar-refractivity contribution in [2.24, 2.45) is 11.8 Å². The molecule has 4 nitrogen and oxygen atoms in total. The van der Waals surface area contributed by atoms with Gasteiger partial charge in [0.2, 0.25) is 0 Å². The van der Waals surface area contributed by atoms with Crippen LogP contribution in [-0.4, -0.2) is 15.0 Å². The van der Waals surface area contributed by atoms with Crippen LogP contribution in [0.4, 0.5) is 0 Å². The number of fused-ring (bicyclic) bond motifs is 1. The predicted octanol–water partition coefficient (Wildman–Crippen LogP) is 13.0. The van der Waals surface area contributed by atoms with Crippen LogP contribution in [0.25, 0.3) is 67.2 Å². The lowest BCUT2D eigenvalue weighted by molar-refractivity contribution is -0.0281. The normalized spacial score (nSPS) is 21.8. The third-order valence-electron chi connectivity index (χ3n) is 13.5. The van der Waals surface area contributed by atoms with E-state index in [1.165, 1.54) is 77.3 Å². The van der Waals surface area contributed by atoms with E-state index in [4.69, 9.17) is 15.0 Å². The van der Waals surface area contributed by atoms with Gasteiger partial charge in [-0.15, -0.1) is 0 Å². The van der Waals surface area contributed by atoms with Crippen molar-refractivity contribution in [3.8, 4) is 62.5 Å². The Hall–Kier alpha value is -6.70. The minimum atomic E-state index is 0.234. The van der Waals surface area contributed by atoms with E-state index in [1.54, 1.807) is 0 Å². The third-order valence-corrected chi connectivity index (χ3v) is 13.5. The van der Waals surface area contributed by atoms with Crippen molar-refractivity contribution in [1.29, 1.82) is 5.26 Å². The van der Waals surface area contributed by atoms with Gasteiger partial charge in [-0.05, 0) is 124 Å². The topological polar surface area (TPSA) is 62.5 Å². The summed E-state index contributed by atoms with van der Waals surface area (Å²) in [4.78, 5) is 14.7. The Morgan fingerprint density at radius 2 is 0.810 bits per heavy atom. The first-order valence-corrected chi connectivity index (χ1v) is 20.6. The minimum absolute atomic E-state index is 0.234. The molecule has 4 heteroatoms. The highest BCUT2D eigenvalue weighted by Gasteiger charge is 2.58. The van der Waals surface area contributed by atoms with Crippen LogP contribution in [0, 0.1) is 23.2 Å². The molecular formula is C54H42N4. The van der Waals surface area contributed by atoms with E-state index in [1.807, 2.05) is 72.8 Å². The number of nitriles is 1. The maximum absolute atomic E-state index is 9.32. The molecule has 2 atom stereocenters. The van der Waals surface area contributed by atoms with Crippen LogP contribution in [0.15, 0.2) is 170 Å². The van der Waals surface area contributed by atoms with Crippen LogP contribution in [-0.2, 0) is 10.8 Å². The van der Waals surface area contributed by atoms with E-state index in [2.05, 4.69) is 103 Å². The summed E-state index contributed by atoms with van der Waals surface area (Å²) < 4.78 is 0. The zero-order valence-corrected chi connectivity index (χ0v) is 32.4. The SMILES string of the molecule is N#Cc1ccc2cc(-c3ccc(C45CC6CC(CC(c7ccc(-c8ccc(-c9nc(-c%10ccccc%10)nc(-c%10ccccc%10)n9)cc8)cc7)(C6)C4)C5)cc3)ccc2c1. The molecule has 4 saturated carbocycles. The Labute approximate surface area is 340 Å². The highest BCUT2D eigenvalue weighted by molar-refractivity contribution is 5.88. The minimum Gasteiger partial charge on any atom is -0.208 e. The third kappa shape index (κ3) is 6.10. The highest BCUT2D eigenvalue weighted by atomic mass is 15.0. The monoisotopic (exact) mass is 746 g/mol. The van der Waals surface area contributed by atoms with Gasteiger partial charge < -0.3 is 0 Å². The Bertz CT molecular complexity index is 2770. The van der Waals surface area contributed by atoms with E-state index in [0.29, 0.717) is 23.0 Å². The van der Waals surface area contributed by atoms with Crippen molar-refractivity contribution in [2.75, 3.05) is 0 Å². The van der Waals surface area contributed by atoms with Gasteiger partial charge in [-0.1, -0.05) is 152 Å². The molecule has 8 aromatic rings. The number of nitrogens with zero attached hydrogens (tertiary/aromatic N) is 4. The molecule has 1 heterocycles. The molecule has 12 rings (SSSR count). The highest BCUT2D eigenvalue weighted by Crippen LogP contribution is 2.66. The molecular weight excluding hydrogens is 705 g/mol. The molecule has 58 heavy (non-hydrogen) atoms. The summed E-state index contributed by atoms with van der Waals surface area (Å²) in [5, 5.41) is 11.6. The molecule has 2 unspecified atom stereocenters. The second-order valence-corrected chi connectivity index (χ2v) is 17.2. The van der Waals surface area contributed by atoms with Gasteiger partial charge in [-0.3, -0.25) is 0 Å². The average molecular weight is 747 g/mol. The van der Waals surface area contributed by atoms with Crippen molar-refractivity contribution in [1.82, 2.24) is 15.0 Å². The molecule has 0 spiro atoms. The van der Waals surface area contributed by atoms with Crippen LogP contribution in [0.5, 0.6) is 0 Å². The molecule has 0 amide bonds. The first-order chi connectivity index (χ1) is 28.5. The lowest BCUT2D eigenvalue weighted by Crippen LogP contribution is -2.55. The van der Waals surface area contributed by atoms with Gasteiger partial charge >= 0.3 is 0 Å². The van der Waals surface area contributed by atoms with Gasteiger partial charge in [0.1, 0.15) is 0 Å². The molecule has 4 aliphatic carbocycles. The van der Waals surface area contributed by atoms with Crippen molar-refractivity contribution in [3.63, 3.8) is 0 Å². The van der Waals surface area contributed by atoms with E-state index in [0.717, 1.165) is 33.9 Å². The lowest BCUT2D eigenvalue weighted by atomic mass is 9.41. The van der Waals surface area contributed by atoms with Gasteiger partial charge in [-0.25, -0.2) is 15.0 Å². The van der Waals surface area contributed by atoms with Crippen LogP contribution in [0.3, 0.4) is 0 Å². The van der Waals surface area contributed by atoms with Crippen molar-refractivity contribution in [2.45, 2.75) is 49.4 Å². The zero-order valence-electron chi connectivity index (χ0n) is 32.4. The fraction of sp³-hybridized carbons (Fsp3) is 0.185. The first-order valence-electron chi connectivity index (χ1n) is 20.6. The summed E-state index contributed by atoms with van der Waals surface area (Å²) >= 11 is 0. The Morgan fingerprint density at radius 1 is 0.414 bits per heavy atom. The van der Waals surface area contributed by atoms with Gasteiger partial charge in [-0.2, -0.15) is 5.26 Å². The maximum atomic E-state index is 9.32. The summed E-state index contributed by atoms with van der Waals surface area (Å²) in [5.74, 6) is 3.58. The predicted molar refractivity (Wildman–Crippen MR) is 234 cm³/mol. The molecule has 7 aromatic carbocycles. The molecule has 278 valence electrons. The molecule has 0 saturated heterocycles. The fourth-order valence-electron chi connectivity index (χ4n) is 11.2. The Balaban J connectivity index is 0.851. The molecule has 0 radical (unpaired) electrons. The van der Waals surface area contributed by atoms with E-state index in [-0.39, 0.29) is 10.8 Å². The summed E-state index contributed by atoms with van der Waals surface area (Å²) in [7, 11) is 0.